The molecule has 3 nitrogen and oxygen atoms in total. The molecule has 0 saturated heterocycles. The average Bonchev–Trinajstić information content (AvgIpc) is 2.14. The highest BCUT2D eigenvalue weighted by molar-refractivity contribution is 4.60. The topological polar surface area (TPSA) is 30.5 Å². The molecule has 0 aromatic carbocycles. The van der Waals surface area contributed by atoms with Crippen molar-refractivity contribution in [2.45, 2.75) is 32.8 Å². The third-order valence-corrected chi connectivity index (χ3v) is 1.87. The Bertz CT molecular complexity index is 98.9. The molecule has 0 heterocycles. The van der Waals surface area contributed by atoms with Crippen molar-refractivity contribution in [2.24, 2.45) is 0 Å². The van der Waals surface area contributed by atoms with Gasteiger partial charge in [0.25, 0.3) is 0 Å². The first-order valence-electron chi connectivity index (χ1n) is 5.16. The Kier molecular flexibility index (Phi) is 9.87. The fourth-order valence-corrected chi connectivity index (χ4v) is 1.17. The van der Waals surface area contributed by atoms with Crippen molar-refractivity contribution in [3.05, 3.63) is 0 Å². The Hall–Kier alpha value is -0.120. The fourth-order valence-electron chi connectivity index (χ4n) is 1.17. The molecule has 0 spiro atoms. The number of likely N-dealkylation sites (N-methyl/N-ethyl adjacent to an activating group) is 1. The van der Waals surface area contributed by atoms with Crippen molar-refractivity contribution >= 4 is 0 Å². The molecule has 80 valence electrons. The van der Waals surface area contributed by atoms with Gasteiger partial charge in [0, 0.05) is 13.7 Å². The Morgan fingerprint density at radius 1 is 1.23 bits per heavy atom. The second-order valence-corrected chi connectivity index (χ2v) is 3.08. The number of ether oxygens (including phenoxy) is 2. The molecule has 3 heteroatoms. The Morgan fingerprint density at radius 2 is 2.00 bits per heavy atom. The van der Waals surface area contributed by atoms with E-state index >= 15 is 0 Å². The smallest absolute Gasteiger partial charge is 0.0704 e. The van der Waals surface area contributed by atoms with Crippen LogP contribution in [-0.4, -0.2) is 39.5 Å². The minimum atomic E-state index is 0.347. The quantitative estimate of drug-likeness (QED) is 0.557. The summed E-state index contributed by atoms with van der Waals surface area (Å²) in [6, 6.07) is 0. The SMILES string of the molecule is CCCC(CNCC)OCCOC. The molecule has 0 aromatic rings. The van der Waals surface area contributed by atoms with E-state index in [0.29, 0.717) is 19.3 Å². The van der Waals surface area contributed by atoms with Crippen molar-refractivity contribution in [2.75, 3.05) is 33.4 Å². The van der Waals surface area contributed by atoms with Gasteiger partial charge in [0.2, 0.25) is 0 Å². The predicted octanol–water partition coefficient (Wildman–Crippen LogP) is 1.43. The van der Waals surface area contributed by atoms with Crippen LogP contribution < -0.4 is 5.32 Å². The van der Waals surface area contributed by atoms with Gasteiger partial charge in [-0.1, -0.05) is 20.3 Å². The molecule has 1 unspecified atom stereocenters. The first kappa shape index (κ1) is 12.9. The highest BCUT2D eigenvalue weighted by Gasteiger charge is 2.06. The molecule has 13 heavy (non-hydrogen) atoms. The van der Waals surface area contributed by atoms with E-state index in [9.17, 15) is 0 Å². The molecule has 0 aliphatic heterocycles. The van der Waals surface area contributed by atoms with Gasteiger partial charge < -0.3 is 14.8 Å². The van der Waals surface area contributed by atoms with Crippen LogP contribution in [0.5, 0.6) is 0 Å². The van der Waals surface area contributed by atoms with E-state index < -0.39 is 0 Å². The molecule has 0 aliphatic rings. The zero-order valence-electron chi connectivity index (χ0n) is 9.14. The monoisotopic (exact) mass is 189 g/mol. The van der Waals surface area contributed by atoms with Gasteiger partial charge in [-0.2, -0.15) is 0 Å². The minimum Gasteiger partial charge on any atom is -0.382 e. The molecular weight excluding hydrogens is 166 g/mol. The summed E-state index contributed by atoms with van der Waals surface area (Å²) in [5, 5.41) is 3.29. The summed E-state index contributed by atoms with van der Waals surface area (Å²) in [7, 11) is 1.70. The van der Waals surface area contributed by atoms with E-state index in [1.807, 2.05) is 0 Å². The summed E-state index contributed by atoms with van der Waals surface area (Å²) in [6.45, 7) is 7.64. The van der Waals surface area contributed by atoms with Gasteiger partial charge in [-0.3, -0.25) is 0 Å². The second-order valence-electron chi connectivity index (χ2n) is 3.08. The molecule has 0 saturated carbocycles. The highest BCUT2D eigenvalue weighted by Crippen LogP contribution is 2.00. The molecule has 0 aromatic heterocycles. The zero-order valence-corrected chi connectivity index (χ0v) is 9.14. The molecule has 1 atom stereocenters. The number of rotatable bonds is 9. The van der Waals surface area contributed by atoms with Crippen molar-refractivity contribution in [1.29, 1.82) is 0 Å². The second kappa shape index (κ2) is 9.96. The van der Waals surface area contributed by atoms with E-state index in [0.717, 1.165) is 19.5 Å². The van der Waals surface area contributed by atoms with Gasteiger partial charge in [-0.05, 0) is 13.0 Å². The lowest BCUT2D eigenvalue weighted by molar-refractivity contribution is 0.0137. The minimum absolute atomic E-state index is 0.347. The maximum Gasteiger partial charge on any atom is 0.0704 e. The standard InChI is InChI=1S/C10H23NO2/c1-4-6-10(9-11-5-2)13-8-7-12-3/h10-11H,4-9H2,1-3H3. The highest BCUT2D eigenvalue weighted by atomic mass is 16.5. The normalized spacial score (nSPS) is 13.2. The molecule has 0 amide bonds. The summed E-state index contributed by atoms with van der Waals surface area (Å²) in [4.78, 5) is 0. The van der Waals surface area contributed by atoms with Crippen molar-refractivity contribution in [1.82, 2.24) is 5.32 Å². The van der Waals surface area contributed by atoms with Crippen molar-refractivity contribution in [3.63, 3.8) is 0 Å². The summed E-state index contributed by atoms with van der Waals surface area (Å²) in [6.07, 6.45) is 2.64. The van der Waals surface area contributed by atoms with E-state index in [1.165, 1.54) is 6.42 Å². The lowest BCUT2D eigenvalue weighted by atomic mass is 10.2. The van der Waals surface area contributed by atoms with Crippen LogP contribution in [0.25, 0.3) is 0 Å². The van der Waals surface area contributed by atoms with Crippen LogP contribution in [0.4, 0.5) is 0 Å². The third kappa shape index (κ3) is 8.22. The average molecular weight is 189 g/mol. The summed E-state index contributed by atoms with van der Waals surface area (Å²) in [5.74, 6) is 0. The Balaban J connectivity index is 3.41. The van der Waals surface area contributed by atoms with E-state index in [4.69, 9.17) is 9.47 Å². The lowest BCUT2D eigenvalue weighted by Gasteiger charge is -2.17. The summed E-state index contributed by atoms with van der Waals surface area (Å²) >= 11 is 0. The van der Waals surface area contributed by atoms with Gasteiger partial charge in [0.05, 0.1) is 19.3 Å². The van der Waals surface area contributed by atoms with E-state index in [1.54, 1.807) is 7.11 Å². The third-order valence-electron chi connectivity index (χ3n) is 1.87. The van der Waals surface area contributed by atoms with Crippen LogP contribution in [0.1, 0.15) is 26.7 Å². The van der Waals surface area contributed by atoms with Crippen LogP contribution >= 0.6 is 0 Å². The van der Waals surface area contributed by atoms with Gasteiger partial charge in [0.15, 0.2) is 0 Å². The van der Waals surface area contributed by atoms with Crippen LogP contribution in [0.2, 0.25) is 0 Å². The van der Waals surface area contributed by atoms with Crippen molar-refractivity contribution in [3.8, 4) is 0 Å². The fraction of sp³-hybridized carbons (Fsp3) is 1.00. The largest absolute Gasteiger partial charge is 0.382 e. The van der Waals surface area contributed by atoms with E-state index in [2.05, 4.69) is 19.2 Å². The van der Waals surface area contributed by atoms with Crippen LogP contribution in [0.15, 0.2) is 0 Å². The van der Waals surface area contributed by atoms with Gasteiger partial charge in [-0.25, -0.2) is 0 Å². The van der Waals surface area contributed by atoms with Crippen LogP contribution in [0.3, 0.4) is 0 Å². The van der Waals surface area contributed by atoms with Gasteiger partial charge in [0.1, 0.15) is 0 Å². The number of hydrogen-bond donors (Lipinski definition) is 1. The van der Waals surface area contributed by atoms with Gasteiger partial charge in [-0.15, -0.1) is 0 Å². The number of nitrogens with one attached hydrogen (secondary N) is 1. The Labute approximate surface area is 81.8 Å². The molecular formula is C10H23NO2. The first-order chi connectivity index (χ1) is 6.35. The first-order valence-corrected chi connectivity index (χ1v) is 5.16. The summed E-state index contributed by atoms with van der Waals surface area (Å²) < 4.78 is 10.6. The maximum atomic E-state index is 5.64. The number of hydrogen-bond acceptors (Lipinski definition) is 3. The molecule has 0 fully saturated rings. The lowest BCUT2D eigenvalue weighted by Crippen LogP contribution is -2.29. The van der Waals surface area contributed by atoms with E-state index in [-0.39, 0.29) is 0 Å². The molecule has 0 radical (unpaired) electrons. The Morgan fingerprint density at radius 3 is 2.54 bits per heavy atom. The van der Waals surface area contributed by atoms with Crippen LogP contribution in [-0.2, 0) is 9.47 Å². The molecule has 1 N–H and O–H groups in total. The predicted molar refractivity (Wildman–Crippen MR) is 55.1 cm³/mol. The van der Waals surface area contributed by atoms with Crippen LogP contribution in [0, 0.1) is 0 Å². The molecule has 0 rings (SSSR count). The summed E-state index contributed by atoms with van der Waals surface area (Å²) in [5.41, 5.74) is 0. The van der Waals surface area contributed by atoms with Crippen molar-refractivity contribution < 1.29 is 9.47 Å². The number of methoxy groups -OCH3 is 1. The van der Waals surface area contributed by atoms with Gasteiger partial charge >= 0.3 is 0 Å². The zero-order chi connectivity index (χ0) is 9.94. The molecule has 0 bridgehead atoms. The maximum absolute atomic E-state index is 5.64. The molecule has 0 aliphatic carbocycles.